The van der Waals surface area contributed by atoms with Crippen LogP contribution in [0.5, 0.6) is 5.75 Å². The number of nitrogens with zero attached hydrogens (tertiary/aromatic N) is 2. The number of aromatic nitrogens is 2. The number of pyridine rings is 2. The van der Waals surface area contributed by atoms with Gasteiger partial charge in [-0.25, -0.2) is 9.37 Å². The smallest absolute Gasteiger partial charge is 0.235 e. The molecule has 1 saturated heterocycles. The van der Waals surface area contributed by atoms with Crippen molar-refractivity contribution in [3.05, 3.63) is 53.6 Å². The van der Waals surface area contributed by atoms with Gasteiger partial charge >= 0.3 is 0 Å². The van der Waals surface area contributed by atoms with Gasteiger partial charge in [-0.05, 0) is 49.6 Å². The van der Waals surface area contributed by atoms with E-state index in [4.69, 9.17) is 15.2 Å². The van der Waals surface area contributed by atoms with Gasteiger partial charge in [0.25, 0.3) is 0 Å². The van der Waals surface area contributed by atoms with Crippen LogP contribution in [0, 0.1) is 5.82 Å². The van der Waals surface area contributed by atoms with Crippen LogP contribution in [-0.2, 0) is 22.5 Å². The average molecular weight is 498 g/mol. The number of rotatable bonds is 7. The van der Waals surface area contributed by atoms with Crippen LogP contribution < -0.4 is 21.1 Å². The Morgan fingerprint density at radius 1 is 1.34 bits per heavy atom. The molecule has 35 heavy (non-hydrogen) atoms. The van der Waals surface area contributed by atoms with Gasteiger partial charge in [-0.15, -0.1) is 11.8 Å². The first-order valence-corrected chi connectivity index (χ1v) is 12.6. The van der Waals surface area contributed by atoms with E-state index in [0.717, 1.165) is 23.4 Å². The van der Waals surface area contributed by atoms with E-state index in [1.807, 2.05) is 24.3 Å². The molecule has 1 aromatic carbocycles. The first-order valence-electron chi connectivity index (χ1n) is 11.6. The predicted octanol–water partition coefficient (Wildman–Crippen LogP) is 3.03. The predicted molar refractivity (Wildman–Crippen MR) is 133 cm³/mol. The maximum atomic E-state index is 14.7. The highest BCUT2D eigenvalue weighted by Gasteiger charge is 2.28. The lowest BCUT2D eigenvalue weighted by molar-refractivity contribution is -0.113. The summed E-state index contributed by atoms with van der Waals surface area (Å²) >= 11 is 1.50. The molecule has 0 spiro atoms. The molecule has 2 aromatic heterocycles. The zero-order chi connectivity index (χ0) is 24.4. The van der Waals surface area contributed by atoms with Crippen LogP contribution in [0.4, 0.5) is 10.2 Å². The van der Waals surface area contributed by atoms with Gasteiger partial charge in [-0.2, -0.15) is 0 Å². The number of nitrogens with two attached hydrogens (primary N) is 1. The molecule has 5 rings (SSSR count). The summed E-state index contributed by atoms with van der Waals surface area (Å²) in [4.78, 5) is 21.3. The fourth-order valence-corrected chi connectivity index (χ4v) is 5.28. The number of hydrogen-bond donors (Lipinski definition) is 3. The standard InChI is InChI=1S/C25H28FN5O3S/c1-33-16-4-5-21-18(8-16)17(19(26)11-29-21)9-20(27)22-6-2-15(12-34-22)28-10-14-3-7-23-25(30-14)31-24(32)13-35-23/h3-5,7-8,11,15,20,22,28H,2,6,9-10,12-13,27H2,1H3,(H,30,31,32)/t15-,20-,22+/m1/s1. The molecule has 10 heteroatoms. The largest absolute Gasteiger partial charge is 0.497 e. The lowest BCUT2D eigenvalue weighted by atomic mass is 9.93. The van der Waals surface area contributed by atoms with Crippen LogP contribution in [0.1, 0.15) is 24.1 Å². The molecule has 4 N–H and O–H groups in total. The molecule has 0 unspecified atom stereocenters. The van der Waals surface area contributed by atoms with E-state index in [-0.39, 0.29) is 29.9 Å². The number of hydrogen-bond acceptors (Lipinski definition) is 8. The second-order valence-electron chi connectivity index (χ2n) is 8.85. The fourth-order valence-electron chi connectivity index (χ4n) is 4.53. The molecule has 184 valence electrons. The lowest BCUT2D eigenvalue weighted by Crippen LogP contribution is -2.47. The van der Waals surface area contributed by atoms with E-state index in [2.05, 4.69) is 20.6 Å². The van der Waals surface area contributed by atoms with Crippen molar-refractivity contribution in [2.24, 2.45) is 5.73 Å². The van der Waals surface area contributed by atoms with Crippen LogP contribution >= 0.6 is 11.8 Å². The lowest BCUT2D eigenvalue weighted by Gasteiger charge is -2.33. The maximum absolute atomic E-state index is 14.7. The van der Waals surface area contributed by atoms with E-state index in [1.165, 1.54) is 18.0 Å². The van der Waals surface area contributed by atoms with Crippen LogP contribution in [-0.4, -0.2) is 53.5 Å². The summed E-state index contributed by atoms with van der Waals surface area (Å²) < 4.78 is 26.1. The zero-order valence-electron chi connectivity index (χ0n) is 19.4. The molecule has 3 atom stereocenters. The highest BCUT2D eigenvalue weighted by Crippen LogP contribution is 2.30. The summed E-state index contributed by atoms with van der Waals surface area (Å²) in [6.45, 7) is 1.10. The molecule has 2 aliphatic rings. The number of nitrogens with one attached hydrogen (secondary N) is 2. The molecule has 1 amide bonds. The van der Waals surface area contributed by atoms with Crippen molar-refractivity contribution in [2.75, 3.05) is 24.8 Å². The molecule has 0 saturated carbocycles. The summed E-state index contributed by atoms with van der Waals surface area (Å²) in [5.41, 5.74) is 8.59. The zero-order valence-corrected chi connectivity index (χ0v) is 20.2. The second-order valence-corrected chi connectivity index (χ2v) is 9.87. The van der Waals surface area contributed by atoms with Gasteiger partial charge in [0.1, 0.15) is 17.4 Å². The van der Waals surface area contributed by atoms with Gasteiger partial charge in [0.2, 0.25) is 5.91 Å². The molecule has 3 aromatic rings. The van der Waals surface area contributed by atoms with E-state index < -0.39 is 0 Å². The third-order valence-electron chi connectivity index (χ3n) is 6.47. The number of halogens is 1. The average Bonchev–Trinajstić information content (AvgIpc) is 2.88. The van der Waals surface area contributed by atoms with Crippen molar-refractivity contribution >= 4 is 34.4 Å². The maximum Gasteiger partial charge on any atom is 0.235 e. The Labute approximate surface area is 207 Å². The van der Waals surface area contributed by atoms with E-state index in [1.54, 1.807) is 13.2 Å². The summed E-state index contributed by atoms with van der Waals surface area (Å²) in [7, 11) is 1.58. The first kappa shape index (κ1) is 23.9. The summed E-state index contributed by atoms with van der Waals surface area (Å²) in [5.74, 6) is 1.31. The highest BCUT2D eigenvalue weighted by molar-refractivity contribution is 8.00. The Balaban J connectivity index is 1.16. The summed E-state index contributed by atoms with van der Waals surface area (Å²) in [6.07, 6.45) is 3.11. The number of benzene rings is 1. The number of thioether (sulfide) groups is 1. The molecule has 0 bridgehead atoms. The van der Waals surface area contributed by atoms with Crippen molar-refractivity contribution < 1.29 is 18.7 Å². The summed E-state index contributed by atoms with van der Waals surface area (Å²) in [6, 6.07) is 9.22. The van der Waals surface area contributed by atoms with Crippen LogP contribution in [0.15, 0.2) is 41.4 Å². The molecular formula is C25H28FN5O3S. The van der Waals surface area contributed by atoms with Crippen LogP contribution in [0.3, 0.4) is 0 Å². The molecule has 4 heterocycles. The number of carbonyl (C=O) groups is 1. The Hall–Kier alpha value is -2.79. The monoisotopic (exact) mass is 497 g/mol. The van der Waals surface area contributed by atoms with Gasteiger partial charge in [0.15, 0.2) is 0 Å². The quantitative estimate of drug-likeness (QED) is 0.457. The normalized spacial score (nSPS) is 20.8. The number of ether oxygens (including phenoxy) is 2. The molecule has 8 nitrogen and oxygen atoms in total. The topological polar surface area (TPSA) is 111 Å². The van der Waals surface area contributed by atoms with Crippen molar-refractivity contribution in [1.29, 1.82) is 0 Å². The van der Waals surface area contributed by atoms with Crippen molar-refractivity contribution in [2.45, 2.75) is 48.9 Å². The first-order chi connectivity index (χ1) is 17.0. The van der Waals surface area contributed by atoms with E-state index in [0.29, 0.717) is 53.4 Å². The van der Waals surface area contributed by atoms with Gasteiger partial charge in [-0.1, -0.05) is 0 Å². The Morgan fingerprint density at radius 3 is 3.03 bits per heavy atom. The van der Waals surface area contributed by atoms with Crippen molar-refractivity contribution in [3.63, 3.8) is 0 Å². The second kappa shape index (κ2) is 10.4. The van der Waals surface area contributed by atoms with Crippen molar-refractivity contribution in [3.8, 4) is 5.75 Å². The number of fused-ring (bicyclic) bond motifs is 2. The van der Waals surface area contributed by atoms with Gasteiger partial charge in [-0.3, -0.25) is 9.78 Å². The highest BCUT2D eigenvalue weighted by atomic mass is 32.2. The molecular weight excluding hydrogens is 469 g/mol. The molecule has 0 radical (unpaired) electrons. The Morgan fingerprint density at radius 2 is 2.23 bits per heavy atom. The number of amides is 1. The van der Waals surface area contributed by atoms with Gasteiger partial charge in [0, 0.05) is 29.6 Å². The van der Waals surface area contributed by atoms with Gasteiger partial charge in [0.05, 0.1) is 47.9 Å². The summed E-state index contributed by atoms with van der Waals surface area (Å²) in [5, 5.41) is 7.01. The van der Waals surface area contributed by atoms with E-state index >= 15 is 0 Å². The van der Waals surface area contributed by atoms with Crippen LogP contribution in [0.2, 0.25) is 0 Å². The Kier molecular flexibility index (Phi) is 7.14. The SMILES string of the molecule is COc1ccc2ncc(F)c(C[C@@H](N)[C@@H]3CC[C@@H](NCc4ccc5c(n4)NC(=O)CS5)CO3)c2c1. The third kappa shape index (κ3) is 5.40. The molecule has 2 aliphatic heterocycles. The molecule has 1 fully saturated rings. The van der Waals surface area contributed by atoms with E-state index in [9.17, 15) is 9.18 Å². The van der Waals surface area contributed by atoms with Crippen LogP contribution in [0.25, 0.3) is 10.9 Å². The fraction of sp³-hybridized carbons (Fsp3) is 0.400. The minimum absolute atomic E-state index is 0.0260. The third-order valence-corrected chi connectivity index (χ3v) is 7.51. The number of carbonyl (C=O) groups excluding carboxylic acids is 1. The van der Waals surface area contributed by atoms with Crippen molar-refractivity contribution in [1.82, 2.24) is 15.3 Å². The minimum Gasteiger partial charge on any atom is -0.497 e. The number of anilines is 1. The van der Waals surface area contributed by atoms with Gasteiger partial charge < -0.3 is 25.8 Å². The molecule has 0 aliphatic carbocycles. The minimum atomic E-state index is -0.372. The Bertz CT molecular complexity index is 1240. The number of methoxy groups -OCH3 is 1.